The Morgan fingerprint density at radius 2 is 2.33 bits per heavy atom. The Hall–Kier alpha value is -1.62. The molecule has 0 saturated carbocycles. The maximum Gasteiger partial charge on any atom is 0.354 e. The number of rotatable bonds is 3. The number of hydrogen-bond acceptors (Lipinski definition) is 4. The fourth-order valence-corrected chi connectivity index (χ4v) is 2.29. The highest BCUT2D eigenvalue weighted by atomic mass is 16.5. The summed E-state index contributed by atoms with van der Waals surface area (Å²) in [7, 11) is 1.73. The van der Waals surface area contributed by atoms with Crippen LogP contribution >= 0.6 is 0 Å². The average molecular weight is 250 g/mol. The normalized spacial score (nSPS) is 24.0. The number of carboxylic acids is 1. The Balaban J connectivity index is 2.14. The quantitative estimate of drug-likeness (QED) is 0.886. The number of methoxy groups -OCH3 is 1. The molecule has 2 rings (SSSR count). The minimum absolute atomic E-state index is 0.0743. The summed E-state index contributed by atoms with van der Waals surface area (Å²) >= 11 is 0. The van der Waals surface area contributed by atoms with Gasteiger partial charge in [0.2, 0.25) is 0 Å². The average Bonchev–Trinajstić information content (AvgIpc) is 2.39. The van der Waals surface area contributed by atoms with Crippen LogP contribution in [0.25, 0.3) is 0 Å². The van der Waals surface area contributed by atoms with Crippen LogP contribution in [0.4, 0.5) is 5.69 Å². The highest BCUT2D eigenvalue weighted by molar-refractivity contribution is 5.85. The smallest absolute Gasteiger partial charge is 0.354 e. The molecule has 5 heteroatoms. The van der Waals surface area contributed by atoms with Crippen LogP contribution in [0.2, 0.25) is 0 Å². The van der Waals surface area contributed by atoms with Crippen molar-refractivity contribution in [3.8, 4) is 0 Å². The van der Waals surface area contributed by atoms with E-state index in [1.807, 2.05) is 0 Å². The van der Waals surface area contributed by atoms with Crippen LogP contribution in [0.3, 0.4) is 0 Å². The number of carbonyl (C=O) groups is 1. The SMILES string of the molecule is COC1(C)CCCN(c2ccc(C(=O)O)nc2)C1. The van der Waals surface area contributed by atoms with Crippen molar-refractivity contribution in [3.05, 3.63) is 24.0 Å². The zero-order valence-corrected chi connectivity index (χ0v) is 10.7. The van der Waals surface area contributed by atoms with Crippen LogP contribution in [0.15, 0.2) is 18.3 Å². The van der Waals surface area contributed by atoms with Crippen molar-refractivity contribution in [1.29, 1.82) is 0 Å². The number of aromatic carboxylic acids is 1. The number of pyridine rings is 1. The van der Waals surface area contributed by atoms with Crippen molar-refractivity contribution in [2.45, 2.75) is 25.4 Å². The van der Waals surface area contributed by atoms with E-state index in [0.29, 0.717) is 0 Å². The summed E-state index contributed by atoms with van der Waals surface area (Å²) in [6.45, 7) is 3.85. The Bertz CT molecular complexity index is 432. The van der Waals surface area contributed by atoms with E-state index in [1.165, 1.54) is 6.07 Å². The first kappa shape index (κ1) is 12.8. The summed E-state index contributed by atoms with van der Waals surface area (Å²) in [6.07, 6.45) is 3.72. The van der Waals surface area contributed by atoms with Gasteiger partial charge in [-0.1, -0.05) is 0 Å². The summed E-state index contributed by atoms with van der Waals surface area (Å²) in [5.41, 5.74) is 0.886. The van der Waals surface area contributed by atoms with Gasteiger partial charge in [0, 0.05) is 20.2 Å². The number of ether oxygens (including phenoxy) is 1. The molecule has 0 aromatic carbocycles. The molecule has 1 unspecified atom stereocenters. The highest BCUT2D eigenvalue weighted by Gasteiger charge is 2.30. The minimum Gasteiger partial charge on any atom is -0.477 e. The van der Waals surface area contributed by atoms with Gasteiger partial charge in [-0.15, -0.1) is 0 Å². The Labute approximate surface area is 106 Å². The van der Waals surface area contributed by atoms with Crippen molar-refractivity contribution in [3.63, 3.8) is 0 Å². The lowest BCUT2D eigenvalue weighted by Gasteiger charge is -2.40. The van der Waals surface area contributed by atoms with E-state index in [-0.39, 0.29) is 11.3 Å². The van der Waals surface area contributed by atoms with Crippen LogP contribution in [0, 0.1) is 0 Å². The van der Waals surface area contributed by atoms with Gasteiger partial charge in [0.15, 0.2) is 0 Å². The molecule has 0 aliphatic carbocycles. The summed E-state index contributed by atoms with van der Waals surface area (Å²) in [5.74, 6) is -0.998. The molecule has 1 fully saturated rings. The maximum atomic E-state index is 10.7. The van der Waals surface area contributed by atoms with E-state index in [4.69, 9.17) is 9.84 Å². The molecule has 0 amide bonds. The number of carboxylic acid groups (broad SMARTS) is 1. The lowest BCUT2D eigenvalue weighted by Crippen LogP contribution is -2.47. The van der Waals surface area contributed by atoms with Crippen LogP contribution in [-0.4, -0.2) is 41.9 Å². The first-order chi connectivity index (χ1) is 8.54. The lowest BCUT2D eigenvalue weighted by atomic mass is 9.94. The molecule has 1 aromatic heterocycles. The molecule has 1 aromatic rings. The van der Waals surface area contributed by atoms with Crippen molar-refractivity contribution in [2.24, 2.45) is 0 Å². The van der Waals surface area contributed by atoms with Crippen LogP contribution in [-0.2, 0) is 4.74 Å². The molecule has 1 saturated heterocycles. The van der Waals surface area contributed by atoms with Gasteiger partial charge in [-0.05, 0) is 31.9 Å². The molecule has 1 aliphatic rings. The second kappa shape index (κ2) is 4.94. The van der Waals surface area contributed by atoms with Gasteiger partial charge in [-0.2, -0.15) is 0 Å². The zero-order valence-electron chi connectivity index (χ0n) is 10.7. The third-order valence-corrected chi connectivity index (χ3v) is 3.48. The molecule has 1 atom stereocenters. The van der Waals surface area contributed by atoms with Gasteiger partial charge >= 0.3 is 5.97 Å². The monoisotopic (exact) mass is 250 g/mol. The van der Waals surface area contributed by atoms with Gasteiger partial charge in [0.1, 0.15) is 5.69 Å². The van der Waals surface area contributed by atoms with Gasteiger partial charge in [0.05, 0.1) is 17.5 Å². The van der Waals surface area contributed by atoms with Crippen LogP contribution in [0.5, 0.6) is 0 Å². The second-order valence-electron chi connectivity index (χ2n) is 4.89. The number of nitrogens with zero attached hydrogens (tertiary/aromatic N) is 2. The predicted octanol–water partition coefficient (Wildman–Crippen LogP) is 1.79. The molecule has 0 radical (unpaired) electrons. The fourth-order valence-electron chi connectivity index (χ4n) is 2.29. The van der Waals surface area contributed by atoms with Gasteiger partial charge in [-0.3, -0.25) is 0 Å². The summed E-state index contributed by atoms with van der Waals surface area (Å²) in [6, 6.07) is 3.34. The highest BCUT2D eigenvalue weighted by Crippen LogP contribution is 2.27. The molecule has 0 spiro atoms. The van der Waals surface area contributed by atoms with Crippen molar-refractivity contribution in [1.82, 2.24) is 4.98 Å². The van der Waals surface area contributed by atoms with Crippen LogP contribution < -0.4 is 4.90 Å². The molecule has 1 N–H and O–H groups in total. The molecule has 0 bridgehead atoms. The Kier molecular flexibility index (Phi) is 3.52. The first-order valence-corrected chi connectivity index (χ1v) is 6.03. The van der Waals surface area contributed by atoms with Crippen molar-refractivity contribution >= 4 is 11.7 Å². The van der Waals surface area contributed by atoms with E-state index in [0.717, 1.165) is 31.6 Å². The minimum atomic E-state index is -0.998. The molecular weight excluding hydrogens is 232 g/mol. The van der Waals surface area contributed by atoms with E-state index < -0.39 is 5.97 Å². The van der Waals surface area contributed by atoms with Crippen molar-refractivity contribution in [2.75, 3.05) is 25.1 Å². The number of piperidine rings is 1. The van der Waals surface area contributed by atoms with E-state index in [2.05, 4.69) is 16.8 Å². The van der Waals surface area contributed by atoms with E-state index in [1.54, 1.807) is 19.4 Å². The molecule has 1 aliphatic heterocycles. The molecule has 2 heterocycles. The van der Waals surface area contributed by atoms with E-state index >= 15 is 0 Å². The largest absolute Gasteiger partial charge is 0.477 e. The number of aromatic nitrogens is 1. The molecule has 18 heavy (non-hydrogen) atoms. The van der Waals surface area contributed by atoms with E-state index in [9.17, 15) is 4.79 Å². The Morgan fingerprint density at radius 3 is 2.89 bits per heavy atom. The van der Waals surface area contributed by atoms with Gasteiger partial charge < -0.3 is 14.7 Å². The van der Waals surface area contributed by atoms with Gasteiger partial charge in [0.25, 0.3) is 0 Å². The number of hydrogen-bond donors (Lipinski definition) is 1. The summed E-state index contributed by atoms with van der Waals surface area (Å²) in [5, 5.41) is 8.81. The zero-order chi connectivity index (χ0) is 13.2. The third-order valence-electron chi connectivity index (χ3n) is 3.48. The predicted molar refractivity (Wildman–Crippen MR) is 68.1 cm³/mol. The Morgan fingerprint density at radius 1 is 1.56 bits per heavy atom. The number of anilines is 1. The van der Waals surface area contributed by atoms with Crippen molar-refractivity contribution < 1.29 is 14.6 Å². The molecule has 5 nitrogen and oxygen atoms in total. The summed E-state index contributed by atoms with van der Waals surface area (Å²) in [4.78, 5) is 16.9. The molecule has 98 valence electrons. The maximum absolute atomic E-state index is 10.7. The third kappa shape index (κ3) is 2.61. The first-order valence-electron chi connectivity index (χ1n) is 6.03. The summed E-state index contributed by atoms with van der Waals surface area (Å²) < 4.78 is 5.54. The van der Waals surface area contributed by atoms with Crippen LogP contribution in [0.1, 0.15) is 30.3 Å². The second-order valence-corrected chi connectivity index (χ2v) is 4.89. The standard InChI is InChI=1S/C13H18N2O3/c1-13(18-2)6-3-7-15(9-13)10-4-5-11(12(16)17)14-8-10/h4-5,8H,3,6-7,9H2,1-2H3,(H,16,17). The molecular formula is C13H18N2O3. The topological polar surface area (TPSA) is 62.7 Å². The lowest BCUT2D eigenvalue weighted by molar-refractivity contribution is -0.00467. The van der Waals surface area contributed by atoms with Gasteiger partial charge in [-0.25, -0.2) is 9.78 Å². The fraction of sp³-hybridized carbons (Fsp3) is 0.538.